The van der Waals surface area contributed by atoms with E-state index < -0.39 is 0 Å². The van der Waals surface area contributed by atoms with Crippen molar-refractivity contribution in [3.8, 4) is 0 Å². The first kappa shape index (κ1) is 10.8. The lowest BCUT2D eigenvalue weighted by molar-refractivity contribution is 0.0677. The first-order valence-corrected chi connectivity index (χ1v) is 5.03. The summed E-state index contributed by atoms with van der Waals surface area (Å²) in [5, 5.41) is 2.55. The van der Waals surface area contributed by atoms with Gasteiger partial charge in [-0.3, -0.25) is 14.6 Å². The second-order valence-electron chi connectivity index (χ2n) is 3.38. The molecular formula is C11H13N3O2. The van der Waals surface area contributed by atoms with Crippen molar-refractivity contribution in [2.24, 2.45) is 0 Å². The Balaban J connectivity index is 2.18. The number of amides is 1. The van der Waals surface area contributed by atoms with Gasteiger partial charge in [-0.2, -0.15) is 5.48 Å². The smallest absolute Gasteiger partial charge is 0.252 e. The monoisotopic (exact) mass is 219 g/mol. The summed E-state index contributed by atoms with van der Waals surface area (Å²) >= 11 is 0. The molecule has 0 radical (unpaired) electrons. The van der Waals surface area contributed by atoms with Crippen LogP contribution in [0.4, 0.5) is 0 Å². The standard InChI is InChI=1S/C11H13N3O2/c1-12-11(15)8-2-3-10(13-6-8)9-4-5-14-16-7-9/h2-4,6,14H,5,7H2,1H3,(H,12,15). The van der Waals surface area contributed by atoms with Crippen molar-refractivity contribution in [1.82, 2.24) is 15.8 Å². The molecule has 0 spiro atoms. The van der Waals surface area contributed by atoms with Crippen molar-refractivity contribution < 1.29 is 9.63 Å². The van der Waals surface area contributed by atoms with Gasteiger partial charge in [0.2, 0.25) is 0 Å². The zero-order chi connectivity index (χ0) is 11.4. The minimum Gasteiger partial charge on any atom is -0.355 e. The SMILES string of the molecule is CNC(=O)c1ccc(C2=CCNOC2)nc1. The van der Waals surface area contributed by atoms with Crippen molar-refractivity contribution in [3.63, 3.8) is 0 Å². The number of nitrogens with one attached hydrogen (secondary N) is 2. The molecule has 2 heterocycles. The molecule has 5 heteroatoms. The Bertz CT molecular complexity index is 412. The topological polar surface area (TPSA) is 63.2 Å². The lowest BCUT2D eigenvalue weighted by Gasteiger charge is -2.13. The van der Waals surface area contributed by atoms with E-state index in [0.29, 0.717) is 18.7 Å². The quantitative estimate of drug-likeness (QED) is 0.754. The van der Waals surface area contributed by atoms with Crippen LogP contribution in [0.15, 0.2) is 24.4 Å². The molecule has 0 atom stereocenters. The fourth-order valence-corrected chi connectivity index (χ4v) is 1.45. The third-order valence-corrected chi connectivity index (χ3v) is 2.34. The molecule has 0 fully saturated rings. The number of carbonyl (C=O) groups excluding carboxylic acids is 1. The largest absolute Gasteiger partial charge is 0.355 e. The Morgan fingerprint density at radius 3 is 3.00 bits per heavy atom. The summed E-state index contributed by atoms with van der Waals surface area (Å²) in [5.74, 6) is -0.130. The minimum absolute atomic E-state index is 0.130. The van der Waals surface area contributed by atoms with E-state index in [4.69, 9.17) is 4.84 Å². The highest BCUT2D eigenvalue weighted by atomic mass is 16.6. The highest BCUT2D eigenvalue weighted by Crippen LogP contribution is 2.14. The van der Waals surface area contributed by atoms with Crippen molar-refractivity contribution >= 4 is 11.5 Å². The van der Waals surface area contributed by atoms with Gasteiger partial charge in [0.05, 0.1) is 17.9 Å². The van der Waals surface area contributed by atoms with Crippen LogP contribution in [-0.4, -0.2) is 31.1 Å². The number of hydroxylamine groups is 1. The Hall–Kier alpha value is -1.72. The molecule has 1 aliphatic rings. The van der Waals surface area contributed by atoms with Crippen LogP contribution in [0.25, 0.3) is 5.57 Å². The average molecular weight is 219 g/mol. The Morgan fingerprint density at radius 2 is 2.44 bits per heavy atom. The van der Waals surface area contributed by atoms with Crippen molar-refractivity contribution in [1.29, 1.82) is 0 Å². The van der Waals surface area contributed by atoms with E-state index in [1.165, 1.54) is 0 Å². The van der Waals surface area contributed by atoms with Crippen molar-refractivity contribution in [2.45, 2.75) is 0 Å². The molecule has 16 heavy (non-hydrogen) atoms. The Morgan fingerprint density at radius 1 is 1.56 bits per heavy atom. The first-order chi connectivity index (χ1) is 7.81. The molecule has 0 aliphatic carbocycles. The summed E-state index contributed by atoms with van der Waals surface area (Å²) in [6.45, 7) is 1.17. The zero-order valence-corrected chi connectivity index (χ0v) is 8.99. The number of nitrogens with zero attached hydrogens (tertiary/aromatic N) is 1. The summed E-state index contributed by atoms with van der Waals surface area (Å²) in [4.78, 5) is 20.6. The van der Waals surface area contributed by atoms with Crippen LogP contribution < -0.4 is 10.8 Å². The molecule has 0 unspecified atom stereocenters. The van der Waals surface area contributed by atoms with Crippen molar-refractivity contribution in [2.75, 3.05) is 20.2 Å². The Labute approximate surface area is 93.5 Å². The first-order valence-electron chi connectivity index (χ1n) is 5.03. The van der Waals surface area contributed by atoms with Crippen LogP contribution in [0.5, 0.6) is 0 Å². The lowest BCUT2D eigenvalue weighted by Crippen LogP contribution is -2.22. The summed E-state index contributed by atoms with van der Waals surface area (Å²) in [6, 6.07) is 3.58. The van der Waals surface area contributed by atoms with Crippen LogP contribution in [-0.2, 0) is 4.84 Å². The van der Waals surface area contributed by atoms with Gasteiger partial charge in [-0.15, -0.1) is 0 Å². The number of aromatic nitrogens is 1. The number of rotatable bonds is 2. The van der Waals surface area contributed by atoms with Crippen LogP contribution in [0, 0.1) is 0 Å². The molecule has 0 saturated heterocycles. The van der Waals surface area contributed by atoms with Crippen LogP contribution >= 0.6 is 0 Å². The number of pyridine rings is 1. The normalized spacial score (nSPS) is 15.4. The van der Waals surface area contributed by atoms with E-state index in [2.05, 4.69) is 15.8 Å². The maximum Gasteiger partial charge on any atom is 0.252 e. The Kier molecular flexibility index (Phi) is 3.28. The fraction of sp³-hybridized carbons (Fsp3) is 0.273. The van der Waals surface area contributed by atoms with Gasteiger partial charge in [0.15, 0.2) is 0 Å². The molecule has 2 N–H and O–H groups in total. The molecule has 0 bridgehead atoms. The minimum atomic E-state index is -0.130. The van der Waals surface area contributed by atoms with E-state index in [1.54, 1.807) is 19.3 Å². The van der Waals surface area contributed by atoms with Gasteiger partial charge in [0.1, 0.15) is 0 Å². The predicted octanol–water partition coefficient (Wildman–Crippen LogP) is 0.359. The number of hydrogen-bond acceptors (Lipinski definition) is 4. The molecule has 0 aromatic carbocycles. The fourth-order valence-electron chi connectivity index (χ4n) is 1.45. The third kappa shape index (κ3) is 2.26. The van der Waals surface area contributed by atoms with Crippen LogP contribution in [0.1, 0.15) is 16.1 Å². The van der Waals surface area contributed by atoms with E-state index in [1.807, 2.05) is 12.1 Å². The van der Waals surface area contributed by atoms with Gasteiger partial charge in [-0.1, -0.05) is 6.08 Å². The van der Waals surface area contributed by atoms with E-state index in [9.17, 15) is 4.79 Å². The summed E-state index contributed by atoms with van der Waals surface area (Å²) in [7, 11) is 1.60. The van der Waals surface area contributed by atoms with Gasteiger partial charge in [0, 0.05) is 25.4 Å². The molecular weight excluding hydrogens is 206 g/mol. The third-order valence-electron chi connectivity index (χ3n) is 2.34. The van der Waals surface area contributed by atoms with Gasteiger partial charge in [0.25, 0.3) is 5.91 Å². The molecule has 1 aromatic heterocycles. The van der Waals surface area contributed by atoms with Gasteiger partial charge in [-0.25, -0.2) is 0 Å². The zero-order valence-electron chi connectivity index (χ0n) is 8.99. The molecule has 5 nitrogen and oxygen atoms in total. The molecule has 0 saturated carbocycles. The van der Waals surface area contributed by atoms with Crippen molar-refractivity contribution in [3.05, 3.63) is 35.7 Å². The highest BCUT2D eigenvalue weighted by molar-refractivity contribution is 5.93. The van der Waals surface area contributed by atoms with E-state index in [0.717, 1.165) is 11.3 Å². The number of carbonyl (C=O) groups is 1. The second kappa shape index (κ2) is 4.87. The summed E-state index contributed by atoms with van der Waals surface area (Å²) in [6.07, 6.45) is 3.59. The highest BCUT2D eigenvalue weighted by Gasteiger charge is 2.09. The van der Waals surface area contributed by atoms with Crippen LogP contribution in [0.3, 0.4) is 0 Å². The molecule has 1 amide bonds. The maximum absolute atomic E-state index is 11.3. The average Bonchev–Trinajstić information content (AvgIpc) is 2.39. The summed E-state index contributed by atoms with van der Waals surface area (Å²) in [5.41, 5.74) is 5.18. The molecule has 1 aliphatic heterocycles. The summed E-state index contributed by atoms with van der Waals surface area (Å²) < 4.78 is 0. The molecule has 84 valence electrons. The molecule has 2 rings (SSSR count). The predicted molar refractivity (Wildman–Crippen MR) is 59.6 cm³/mol. The van der Waals surface area contributed by atoms with Gasteiger partial charge in [-0.05, 0) is 12.1 Å². The van der Waals surface area contributed by atoms with Crippen LogP contribution in [0.2, 0.25) is 0 Å². The lowest BCUT2D eigenvalue weighted by atomic mass is 10.1. The van der Waals surface area contributed by atoms with Gasteiger partial charge >= 0.3 is 0 Å². The number of hydrogen-bond donors (Lipinski definition) is 2. The second-order valence-corrected chi connectivity index (χ2v) is 3.38. The molecule has 1 aromatic rings. The van der Waals surface area contributed by atoms with E-state index >= 15 is 0 Å². The van der Waals surface area contributed by atoms with Gasteiger partial charge < -0.3 is 5.32 Å². The maximum atomic E-state index is 11.3. The van der Waals surface area contributed by atoms with E-state index in [-0.39, 0.29) is 5.91 Å².